The van der Waals surface area contributed by atoms with E-state index in [1.165, 1.54) is 6.42 Å². The molecule has 2 unspecified atom stereocenters. The molecule has 1 aromatic carbocycles. The molecule has 2 nitrogen and oxygen atoms in total. The Morgan fingerprint density at radius 3 is 3.00 bits per heavy atom. The van der Waals surface area contributed by atoms with Gasteiger partial charge in [0.1, 0.15) is 11.9 Å². The van der Waals surface area contributed by atoms with Gasteiger partial charge in [0, 0.05) is 0 Å². The second-order valence-electron chi connectivity index (χ2n) is 4.26. The Kier molecular flexibility index (Phi) is 3.62. The Bertz CT molecular complexity index is 369. The molecule has 0 aliphatic heterocycles. The number of rotatable bonds is 3. The highest BCUT2D eigenvalue weighted by Gasteiger charge is 2.10. The van der Waals surface area contributed by atoms with Crippen LogP contribution in [0.3, 0.4) is 0 Å². The standard InChI is InChI=1S/C14H18O2/c1-11(15)12-6-5-9-14(10-12)16-13-7-3-2-4-8-13/h3,5-7,9-11,13,15H,2,4,8H2,1H3. The van der Waals surface area contributed by atoms with Gasteiger partial charge in [-0.3, -0.25) is 0 Å². The lowest BCUT2D eigenvalue weighted by Crippen LogP contribution is -2.15. The van der Waals surface area contributed by atoms with Crippen LogP contribution in [-0.2, 0) is 0 Å². The first-order chi connectivity index (χ1) is 7.75. The Hall–Kier alpha value is -1.28. The van der Waals surface area contributed by atoms with Crippen LogP contribution in [0.1, 0.15) is 37.9 Å². The highest BCUT2D eigenvalue weighted by Crippen LogP contribution is 2.22. The predicted octanol–water partition coefficient (Wildman–Crippen LogP) is 3.23. The van der Waals surface area contributed by atoms with E-state index in [2.05, 4.69) is 12.2 Å². The molecule has 0 fully saturated rings. The third-order valence-electron chi connectivity index (χ3n) is 2.84. The molecule has 2 rings (SSSR count). The average molecular weight is 218 g/mol. The van der Waals surface area contributed by atoms with Crippen molar-refractivity contribution in [1.82, 2.24) is 0 Å². The Labute approximate surface area is 96.6 Å². The summed E-state index contributed by atoms with van der Waals surface area (Å²) in [5.41, 5.74) is 0.900. The van der Waals surface area contributed by atoms with Gasteiger partial charge in [-0.25, -0.2) is 0 Å². The van der Waals surface area contributed by atoms with Crippen molar-refractivity contribution in [2.45, 2.75) is 38.4 Å². The normalized spacial score (nSPS) is 21.8. The average Bonchev–Trinajstić information content (AvgIpc) is 2.30. The molecule has 0 saturated heterocycles. The summed E-state index contributed by atoms with van der Waals surface area (Å²) in [6.07, 6.45) is 7.48. The fraction of sp³-hybridized carbons (Fsp3) is 0.429. The van der Waals surface area contributed by atoms with E-state index in [0.717, 1.165) is 24.2 Å². The Balaban J connectivity index is 2.06. The van der Waals surface area contributed by atoms with E-state index in [-0.39, 0.29) is 6.10 Å². The van der Waals surface area contributed by atoms with Crippen molar-refractivity contribution in [3.05, 3.63) is 42.0 Å². The van der Waals surface area contributed by atoms with E-state index < -0.39 is 6.10 Å². The molecule has 0 saturated carbocycles. The van der Waals surface area contributed by atoms with Crippen molar-refractivity contribution in [1.29, 1.82) is 0 Å². The zero-order chi connectivity index (χ0) is 11.4. The van der Waals surface area contributed by atoms with Crippen LogP contribution in [0.25, 0.3) is 0 Å². The third-order valence-corrected chi connectivity index (χ3v) is 2.84. The predicted molar refractivity (Wildman–Crippen MR) is 64.5 cm³/mol. The summed E-state index contributed by atoms with van der Waals surface area (Å²) >= 11 is 0. The molecular formula is C14H18O2. The molecule has 0 radical (unpaired) electrons. The van der Waals surface area contributed by atoms with Gasteiger partial charge in [-0.1, -0.05) is 18.2 Å². The van der Waals surface area contributed by atoms with Crippen LogP contribution < -0.4 is 4.74 Å². The summed E-state index contributed by atoms with van der Waals surface area (Å²) in [6, 6.07) is 7.68. The van der Waals surface area contributed by atoms with Gasteiger partial charge in [-0.2, -0.15) is 0 Å². The van der Waals surface area contributed by atoms with Crippen molar-refractivity contribution in [2.75, 3.05) is 0 Å². The number of ether oxygens (including phenoxy) is 1. The molecule has 1 aliphatic rings. The van der Waals surface area contributed by atoms with Gasteiger partial charge in [0.25, 0.3) is 0 Å². The van der Waals surface area contributed by atoms with Gasteiger partial charge in [0.2, 0.25) is 0 Å². The molecule has 1 aliphatic carbocycles. The summed E-state index contributed by atoms with van der Waals surface area (Å²) in [5, 5.41) is 9.48. The molecule has 2 atom stereocenters. The van der Waals surface area contributed by atoms with Crippen LogP contribution >= 0.6 is 0 Å². The monoisotopic (exact) mass is 218 g/mol. The highest BCUT2D eigenvalue weighted by atomic mass is 16.5. The largest absolute Gasteiger partial charge is 0.486 e. The second kappa shape index (κ2) is 5.17. The maximum absolute atomic E-state index is 9.48. The van der Waals surface area contributed by atoms with E-state index in [1.807, 2.05) is 24.3 Å². The minimum atomic E-state index is -0.439. The molecule has 0 aromatic heterocycles. The van der Waals surface area contributed by atoms with Gasteiger partial charge >= 0.3 is 0 Å². The first-order valence-electron chi connectivity index (χ1n) is 5.87. The minimum absolute atomic E-state index is 0.193. The van der Waals surface area contributed by atoms with Gasteiger partial charge in [0.15, 0.2) is 0 Å². The quantitative estimate of drug-likeness (QED) is 0.789. The number of hydrogen-bond acceptors (Lipinski definition) is 2. The van der Waals surface area contributed by atoms with Crippen molar-refractivity contribution in [2.24, 2.45) is 0 Å². The summed E-state index contributed by atoms with van der Waals surface area (Å²) in [6.45, 7) is 1.76. The summed E-state index contributed by atoms with van der Waals surface area (Å²) in [5.74, 6) is 0.843. The molecule has 0 bridgehead atoms. The molecule has 1 N–H and O–H groups in total. The Morgan fingerprint density at radius 1 is 1.44 bits per heavy atom. The number of allylic oxidation sites excluding steroid dienone is 1. The molecule has 16 heavy (non-hydrogen) atoms. The van der Waals surface area contributed by atoms with Crippen LogP contribution in [-0.4, -0.2) is 11.2 Å². The molecule has 86 valence electrons. The fourth-order valence-corrected chi connectivity index (χ4v) is 1.90. The minimum Gasteiger partial charge on any atom is -0.486 e. The molecule has 1 aromatic rings. The maximum Gasteiger partial charge on any atom is 0.120 e. The molecule has 2 heteroatoms. The Morgan fingerprint density at radius 2 is 2.31 bits per heavy atom. The number of aliphatic hydroxyl groups is 1. The van der Waals surface area contributed by atoms with E-state index in [0.29, 0.717) is 0 Å². The topological polar surface area (TPSA) is 29.5 Å². The molecule has 0 amide bonds. The molecule has 0 spiro atoms. The van der Waals surface area contributed by atoms with Crippen LogP contribution in [0.4, 0.5) is 0 Å². The summed E-state index contributed by atoms with van der Waals surface area (Å²) < 4.78 is 5.85. The van der Waals surface area contributed by atoms with Gasteiger partial charge in [-0.15, -0.1) is 0 Å². The first kappa shape index (κ1) is 11.2. The lowest BCUT2D eigenvalue weighted by atomic mass is 10.1. The maximum atomic E-state index is 9.48. The van der Waals surface area contributed by atoms with E-state index >= 15 is 0 Å². The van der Waals surface area contributed by atoms with Crippen molar-refractivity contribution in [3.8, 4) is 5.75 Å². The van der Waals surface area contributed by atoms with Gasteiger partial charge < -0.3 is 9.84 Å². The highest BCUT2D eigenvalue weighted by molar-refractivity contribution is 5.30. The lowest BCUT2D eigenvalue weighted by Gasteiger charge is -2.19. The van der Waals surface area contributed by atoms with E-state index in [4.69, 9.17) is 4.74 Å². The smallest absolute Gasteiger partial charge is 0.120 e. The van der Waals surface area contributed by atoms with Crippen LogP contribution in [0.15, 0.2) is 36.4 Å². The second-order valence-corrected chi connectivity index (χ2v) is 4.26. The number of aliphatic hydroxyl groups excluding tert-OH is 1. The SMILES string of the molecule is CC(O)c1cccc(OC2C=CCCC2)c1. The first-order valence-corrected chi connectivity index (χ1v) is 5.87. The van der Waals surface area contributed by atoms with Gasteiger partial charge in [-0.05, 0) is 50.0 Å². The van der Waals surface area contributed by atoms with Crippen molar-refractivity contribution in [3.63, 3.8) is 0 Å². The van der Waals surface area contributed by atoms with Gasteiger partial charge in [0.05, 0.1) is 6.10 Å². The van der Waals surface area contributed by atoms with Crippen molar-refractivity contribution >= 4 is 0 Å². The zero-order valence-electron chi connectivity index (χ0n) is 9.60. The van der Waals surface area contributed by atoms with Crippen LogP contribution in [0, 0.1) is 0 Å². The van der Waals surface area contributed by atoms with Crippen molar-refractivity contribution < 1.29 is 9.84 Å². The number of hydrogen-bond donors (Lipinski definition) is 1. The number of benzene rings is 1. The lowest BCUT2D eigenvalue weighted by molar-refractivity contribution is 0.196. The van der Waals surface area contributed by atoms with Crippen LogP contribution in [0.5, 0.6) is 5.75 Å². The zero-order valence-corrected chi connectivity index (χ0v) is 9.60. The molecule has 0 heterocycles. The van der Waals surface area contributed by atoms with Crippen LogP contribution in [0.2, 0.25) is 0 Å². The fourth-order valence-electron chi connectivity index (χ4n) is 1.90. The third kappa shape index (κ3) is 2.86. The summed E-state index contributed by atoms with van der Waals surface area (Å²) in [4.78, 5) is 0. The molecular weight excluding hydrogens is 200 g/mol. The van der Waals surface area contributed by atoms with E-state index in [9.17, 15) is 5.11 Å². The summed E-state index contributed by atoms with van der Waals surface area (Å²) in [7, 11) is 0. The van der Waals surface area contributed by atoms with E-state index in [1.54, 1.807) is 6.92 Å².